The molecule has 0 radical (unpaired) electrons. The number of thiophene rings is 1. The summed E-state index contributed by atoms with van der Waals surface area (Å²) in [5.74, 6) is -1.77. The molecular weight excluding hydrogens is 423 g/mol. The van der Waals surface area contributed by atoms with Crippen molar-refractivity contribution in [2.45, 2.75) is 13.0 Å². The van der Waals surface area contributed by atoms with E-state index in [1.54, 1.807) is 23.6 Å². The molecule has 31 heavy (non-hydrogen) atoms. The molecule has 0 fully saturated rings. The molecule has 0 saturated carbocycles. The number of carbonyl (C=O) groups is 2. The number of halogens is 1. The minimum atomic E-state index is -1.16. The van der Waals surface area contributed by atoms with Crippen LogP contribution in [0.3, 0.4) is 0 Å². The van der Waals surface area contributed by atoms with Gasteiger partial charge in [-0.15, -0.1) is 11.3 Å². The van der Waals surface area contributed by atoms with Gasteiger partial charge in [0.1, 0.15) is 5.82 Å². The largest absolute Gasteiger partial charge is 0.449 e. The Morgan fingerprint density at radius 2 is 1.90 bits per heavy atom. The summed E-state index contributed by atoms with van der Waals surface area (Å²) < 4.78 is 18.5. The molecule has 0 aliphatic heterocycles. The zero-order valence-corrected chi connectivity index (χ0v) is 17.1. The van der Waals surface area contributed by atoms with Crippen LogP contribution >= 0.6 is 11.3 Å². The number of hydrogen-bond donors (Lipinski definition) is 1. The first-order valence-corrected chi connectivity index (χ1v) is 9.99. The average Bonchev–Trinajstić information content (AvgIpc) is 3.27. The second-order valence-corrected chi connectivity index (χ2v) is 7.38. The molecule has 0 bridgehead atoms. The summed E-state index contributed by atoms with van der Waals surface area (Å²) in [6, 6.07) is 14.5. The van der Waals surface area contributed by atoms with Crippen LogP contribution in [-0.2, 0) is 14.3 Å². The molecule has 3 rings (SSSR count). The Morgan fingerprint density at radius 3 is 2.55 bits per heavy atom. The quantitative estimate of drug-likeness (QED) is 0.244. The number of nitrogens with zero attached hydrogens (tertiary/aromatic N) is 1. The van der Waals surface area contributed by atoms with Gasteiger partial charge in [0.15, 0.2) is 6.10 Å². The topological polar surface area (TPSA) is 98.5 Å². The number of esters is 1. The Hall–Kier alpha value is -3.85. The van der Waals surface area contributed by atoms with Gasteiger partial charge in [-0.25, -0.2) is 9.18 Å². The van der Waals surface area contributed by atoms with Crippen molar-refractivity contribution in [1.29, 1.82) is 0 Å². The number of nitro groups is 1. The first kappa shape index (κ1) is 21.8. The molecule has 1 unspecified atom stereocenters. The van der Waals surface area contributed by atoms with Crippen LogP contribution in [0.5, 0.6) is 0 Å². The molecule has 1 atom stereocenters. The zero-order valence-electron chi connectivity index (χ0n) is 16.3. The molecule has 1 heterocycles. The van der Waals surface area contributed by atoms with E-state index in [1.807, 2.05) is 0 Å². The van der Waals surface area contributed by atoms with Crippen LogP contribution in [0.4, 0.5) is 15.8 Å². The molecule has 158 valence electrons. The third-order valence-corrected chi connectivity index (χ3v) is 5.07. The molecule has 1 N–H and O–H groups in total. The maximum absolute atomic E-state index is 13.2. The summed E-state index contributed by atoms with van der Waals surface area (Å²) in [6.07, 6.45) is 0.391. The Balaban J connectivity index is 1.75. The van der Waals surface area contributed by atoms with E-state index in [2.05, 4.69) is 5.32 Å². The molecule has 0 aliphatic carbocycles. The van der Waals surface area contributed by atoms with Gasteiger partial charge >= 0.3 is 5.97 Å². The minimum Gasteiger partial charge on any atom is -0.449 e. The molecule has 1 aromatic heterocycles. The predicted octanol–water partition coefficient (Wildman–Crippen LogP) is 4.91. The van der Waals surface area contributed by atoms with Gasteiger partial charge in [0.05, 0.1) is 10.5 Å². The van der Waals surface area contributed by atoms with Crippen LogP contribution < -0.4 is 5.32 Å². The number of amides is 1. The smallest absolute Gasteiger partial charge is 0.340 e. The van der Waals surface area contributed by atoms with Crippen molar-refractivity contribution in [3.8, 4) is 0 Å². The number of anilines is 1. The number of non-ortho nitro benzene ring substituents is 1. The molecule has 2 aromatic carbocycles. The van der Waals surface area contributed by atoms with Crippen molar-refractivity contribution in [1.82, 2.24) is 0 Å². The van der Waals surface area contributed by atoms with Gasteiger partial charge in [-0.1, -0.05) is 24.3 Å². The summed E-state index contributed by atoms with van der Waals surface area (Å²) in [7, 11) is 0. The SMILES string of the molecule is CC(OC(=O)C(=Cc1ccc(F)cc1)c1cccs1)C(=O)Nc1cccc([N+](=O)[O-])c1. The fraction of sp³-hybridized carbons (Fsp3) is 0.0909. The highest BCUT2D eigenvalue weighted by atomic mass is 32.1. The van der Waals surface area contributed by atoms with E-state index < -0.39 is 28.7 Å². The van der Waals surface area contributed by atoms with E-state index in [0.29, 0.717) is 10.4 Å². The fourth-order valence-corrected chi connectivity index (χ4v) is 3.34. The Morgan fingerprint density at radius 1 is 1.16 bits per heavy atom. The van der Waals surface area contributed by atoms with Gasteiger partial charge in [-0.3, -0.25) is 14.9 Å². The van der Waals surface area contributed by atoms with Crippen molar-refractivity contribution in [2.75, 3.05) is 5.32 Å². The van der Waals surface area contributed by atoms with Crippen LogP contribution in [0.15, 0.2) is 66.0 Å². The highest BCUT2D eigenvalue weighted by molar-refractivity contribution is 7.11. The summed E-state index contributed by atoms with van der Waals surface area (Å²) in [5, 5.41) is 15.2. The van der Waals surface area contributed by atoms with E-state index >= 15 is 0 Å². The van der Waals surface area contributed by atoms with Crippen molar-refractivity contribution in [3.63, 3.8) is 0 Å². The normalized spacial score (nSPS) is 12.1. The summed E-state index contributed by atoms with van der Waals surface area (Å²) >= 11 is 1.32. The number of benzene rings is 2. The summed E-state index contributed by atoms with van der Waals surface area (Å²) in [6.45, 7) is 1.40. The van der Waals surface area contributed by atoms with Crippen molar-refractivity contribution in [2.24, 2.45) is 0 Å². The molecule has 1 amide bonds. The van der Waals surface area contributed by atoms with E-state index in [4.69, 9.17) is 4.74 Å². The van der Waals surface area contributed by atoms with E-state index in [-0.39, 0.29) is 16.9 Å². The second-order valence-electron chi connectivity index (χ2n) is 6.43. The van der Waals surface area contributed by atoms with E-state index in [9.17, 15) is 24.1 Å². The summed E-state index contributed by atoms with van der Waals surface area (Å²) in [4.78, 5) is 36.1. The van der Waals surface area contributed by atoms with E-state index in [1.165, 1.54) is 66.8 Å². The van der Waals surface area contributed by atoms with Crippen LogP contribution in [0.2, 0.25) is 0 Å². The first-order valence-electron chi connectivity index (χ1n) is 9.11. The lowest BCUT2D eigenvalue weighted by Gasteiger charge is -2.14. The van der Waals surface area contributed by atoms with Gasteiger partial charge < -0.3 is 10.1 Å². The molecule has 0 spiro atoms. The van der Waals surface area contributed by atoms with Gasteiger partial charge in [0.2, 0.25) is 0 Å². The van der Waals surface area contributed by atoms with Gasteiger partial charge in [-0.05, 0) is 48.2 Å². The third kappa shape index (κ3) is 5.83. The van der Waals surface area contributed by atoms with Crippen molar-refractivity contribution in [3.05, 3.63) is 92.4 Å². The lowest BCUT2D eigenvalue weighted by atomic mass is 10.1. The minimum absolute atomic E-state index is 0.176. The zero-order chi connectivity index (χ0) is 22.4. The van der Waals surface area contributed by atoms with Gasteiger partial charge in [0.25, 0.3) is 11.6 Å². The van der Waals surface area contributed by atoms with Crippen LogP contribution in [-0.4, -0.2) is 22.9 Å². The maximum atomic E-state index is 13.2. The number of carbonyl (C=O) groups excluding carboxylic acids is 2. The molecule has 7 nitrogen and oxygen atoms in total. The van der Waals surface area contributed by atoms with Gasteiger partial charge in [0, 0.05) is 22.7 Å². The summed E-state index contributed by atoms with van der Waals surface area (Å²) in [5.41, 5.74) is 0.846. The number of rotatable bonds is 7. The first-order chi connectivity index (χ1) is 14.8. The highest BCUT2D eigenvalue weighted by Gasteiger charge is 2.22. The van der Waals surface area contributed by atoms with Crippen LogP contribution in [0.25, 0.3) is 11.6 Å². The lowest BCUT2D eigenvalue weighted by molar-refractivity contribution is -0.384. The fourth-order valence-electron chi connectivity index (χ4n) is 2.61. The van der Waals surface area contributed by atoms with Crippen LogP contribution in [0, 0.1) is 15.9 Å². The molecule has 0 aliphatic rings. The van der Waals surface area contributed by atoms with Crippen molar-refractivity contribution >= 4 is 46.2 Å². The van der Waals surface area contributed by atoms with Gasteiger partial charge in [-0.2, -0.15) is 0 Å². The Labute approximate surface area is 180 Å². The second kappa shape index (κ2) is 9.77. The lowest BCUT2D eigenvalue weighted by Crippen LogP contribution is -2.30. The number of ether oxygens (including phenoxy) is 1. The predicted molar refractivity (Wildman–Crippen MR) is 116 cm³/mol. The Bertz CT molecular complexity index is 1130. The number of nitrogens with one attached hydrogen (secondary N) is 1. The molecule has 9 heteroatoms. The highest BCUT2D eigenvalue weighted by Crippen LogP contribution is 2.25. The molecule has 3 aromatic rings. The number of nitro benzene ring substituents is 1. The Kier molecular flexibility index (Phi) is 6.88. The molecule has 0 saturated heterocycles. The average molecular weight is 440 g/mol. The molecular formula is C22H17FN2O5S. The van der Waals surface area contributed by atoms with E-state index in [0.717, 1.165) is 0 Å². The monoisotopic (exact) mass is 440 g/mol. The third-order valence-electron chi connectivity index (χ3n) is 4.17. The number of hydrogen-bond acceptors (Lipinski definition) is 6. The van der Waals surface area contributed by atoms with Crippen LogP contribution in [0.1, 0.15) is 17.4 Å². The maximum Gasteiger partial charge on any atom is 0.340 e. The standard InChI is InChI=1S/C22H17FN2O5S/c1-14(21(26)24-17-4-2-5-18(13-17)25(28)29)30-22(27)19(20-6-3-11-31-20)12-15-7-9-16(23)10-8-15/h2-14H,1H3,(H,24,26). The van der Waals surface area contributed by atoms with Crippen molar-refractivity contribution < 1.29 is 23.6 Å².